The molecule has 0 radical (unpaired) electrons. The summed E-state index contributed by atoms with van der Waals surface area (Å²) in [5, 5.41) is 24.1. The minimum Gasteiger partial charge on any atom is -0.478 e. The number of unbranched alkanes of at least 4 members (excludes halogenated alkanes) is 3. The second kappa shape index (κ2) is 14.2. The highest BCUT2D eigenvalue weighted by molar-refractivity contribution is 5.96. The first-order valence-corrected chi connectivity index (χ1v) is 13.2. The van der Waals surface area contributed by atoms with Crippen molar-refractivity contribution in [1.82, 2.24) is 30.6 Å². The predicted molar refractivity (Wildman–Crippen MR) is 152 cm³/mol. The number of aromatic nitrogens is 4. The Bertz CT molecular complexity index is 1490. The van der Waals surface area contributed by atoms with Crippen LogP contribution in [0.25, 0.3) is 22.8 Å². The lowest BCUT2D eigenvalue weighted by molar-refractivity contribution is 0.0686. The van der Waals surface area contributed by atoms with Gasteiger partial charge >= 0.3 is 11.9 Å². The highest BCUT2D eigenvalue weighted by atomic mass is 16.4. The van der Waals surface area contributed by atoms with Crippen molar-refractivity contribution in [3.05, 3.63) is 95.6 Å². The lowest BCUT2D eigenvalue weighted by Crippen LogP contribution is -2.25. The van der Waals surface area contributed by atoms with Gasteiger partial charge < -0.3 is 20.8 Å². The van der Waals surface area contributed by atoms with E-state index in [9.17, 15) is 29.4 Å². The molecule has 12 nitrogen and oxygen atoms in total. The number of carbonyl (C=O) groups excluding carboxylic acids is 2. The topological polar surface area (TPSA) is 184 Å². The Morgan fingerprint density at radius 2 is 0.810 bits per heavy atom. The van der Waals surface area contributed by atoms with Gasteiger partial charge in [0.25, 0.3) is 11.8 Å². The molecule has 0 spiro atoms. The van der Waals surface area contributed by atoms with E-state index in [2.05, 4.69) is 30.6 Å². The number of carbonyl (C=O) groups is 4. The van der Waals surface area contributed by atoms with Gasteiger partial charge in [0.05, 0.1) is 33.9 Å². The summed E-state index contributed by atoms with van der Waals surface area (Å²) in [6.07, 6.45) is 8.96. The summed E-state index contributed by atoms with van der Waals surface area (Å²) in [7, 11) is 0. The lowest BCUT2D eigenvalue weighted by atomic mass is 10.1. The van der Waals surface area contributed by atoms with Crippen molar-refractivity contribution in [3.63, 3.8) is 0 Å². The molecular formula is C30H28N6O6. The Hall–Kier alpha value is -5.52. The van der Waals surface area contributed by atoms with Gasteiger partial charge in [-0.15, -0.1) is 0 Å². The number of hydrogen-bond acceptors (Lipinski definition) is 8. The molecule has 0 unspecified atom stereocenters. The van der Waals surface area contributed by atoms with Gasteiger partial charge in [-0.25, -0.2) is 9.59 Å². The van der Waals surface area contributed by atoms with Crippen LogP contribution in [0.1, 0.15) is 67.1 Å². The molecule has 2 amide bonds. The van der Waals surface area contributed by atoms with Crippen LogP contribution in [0.15, 0.2) is 73.3 Å². The number of amides is 2. The normalized spacial score (nSPS) is 10.6. The number of carboxylic acids is 2. The number of carboxylic acid groups (broad SMARTS) is 2. The zero-order valence-corrected chi connectivity index (χ0v) is 22.5. The number of pyridine rings is 4. The third-order valence-electron chi connectivity index (χ3n) is 6.26. The smallest absolute Gasteiger partial charge is 0.335 e. The number of aromatic carboxylic acids is 2. The van der Waals surface area contributed by atoms with Gasteiger partial charge in [-0.2, -0.15) is 0 Å². The molecule has 42 heavy (non-hydrogen) atoms. The minimum atomic E-state index is -1.07. The van der Waals surface area contributed by atoms with E-state index in [1.807, 2.05) is 0 Å². The fraction of sp³-hybridized carbons (Fsp3) is 0.200. The molecular weight excluding hydrogens is 540 g/mol. The van der Waals surface area contributed by atoms with Crippen LogP contribution in [0.5, 0.6) is 0 Å². The fourth-order valence-electron chi connectivity index (χ4n) is 4.04. The van der Waals surface area contributed by atoms with Crippen molar-refractivity contribution in [2.24, 2.45) is 0 Å². The highest BCUT2D eigenvalue weighted by Gasteiger charge is 2.12. The third-order valence-corrected chi connectivity index (χ3v) is 6.26. The Labute approximate surface area is 240 Å². The molecule has 4 rings (SSSR count). The van der Waals surface area contributed by atoms with Crippen molar-refractivity contribution in [2.75, 3.05) is 13.1 Å². The molecule has 0 aliphatic rings. The maximum absolute atomic E-state index is 12.6. The molecule has 214 valence electrons. The van der Waals surface area contributed by atoms with Crippen molar-refractivity contribution in [1.29, 1.82) is 0 Å². The van der Waals surface area contributed by atoms with E-state index in [1.54, 1.807) is 24.3 Å². The van der Waals surface area contributed by atoms with E-state index in [1.165, 1.54) is 49.1 Å². The van der Waals surface area contributed by atoms with Crippen molar-refractivity contribution in [2.45, 2.75) is 25.7 Å². The average molecular weight is 569 g/mol. The molecule has 0 atom stereocenters. The second-order valence-electron chi connectivity index (χ2n) is 9.26. The Kier molecular flexibility index (Phi) is 9.97. The summed E-state index contributed by atoms with van der Waals surface area (Å²) in [5.74, 6) is -2.67. The summed E-state index contributed by atoms with van der Waals surface area (Å²) in [5.41, 5.74) is 2.50. The molecule has 0 aliphatic carbocycles. The summed E-state index contributed by atoms with van der Waals surface area (Å²) in [6, 6.07) is 11.9. The monoisotopic (exact) mass is 568 g/mol. The summed E-state index contributed by atoms with van der Waals surface area (Å²) in [4.78, 5) is 64.3. The summed E-state index contributed by atoms with van der Waals surface area (Å²) in [6.45, 7) is 0.957. The quantitative estimate of drug-likeness (QED) is 0.173. The van der Waals surface area contributed by atoms with E-state index in [0.717, 1.165) is 25.7 Å². The Morgan fingerprint density at radius 1 is 0.500 bits per heavy atom. The first-order chi connectivity index (χ1) is 20.3. The largest absolute Gasteiger partial charge is 0.478 e. The van der Waals surface area contributed by atoms with Crippen molar-refractivity contribution >= 4 is 23.8 Å². The maximum Gasteiger partial charge on any atom is 0.335 e. The summed E-state index contributed by atoms with van der Waals surface area (Å²) >= 11 is 0. The number of nitrogens with zero attached hydrogens (tertiary/aromatic N) is 4. The van der Waals surface area contributed by atoms with E-state index in [-0.39, 0.29) is 22.9 Å². The molecule has 0 saturated carbocycles. The van der Waals surface area contributed by atoms with Crippen LogP contribution >= 0.6 is 0 Å². The first kappa shape index (κ1) is 29.5. The van der Waals surface area contributed by atoms with Crippen molar-refractivity contribution in [3.8, 4) is 22.8 Å². The Balaban J connectivity index is 1.16. The van der Waals surface area contributed by atoms with Crippen LogP contribution in [0.2, 0.25) is 0 Å². The number of hydrogen-bond donors (Lipinski definition) is 4. The van der Waals surface area contributed by atoms with Gasteiger partial charge in [0.15, 0.2) is 0 Å². The average Bonchev–Trinajstić information content (AvgIpc) is 3.02. The van der Waals surface area contributed by atoms with Crippen LogP contribution in [0, 0.1) is 0 Å². The van der Waals surface area contributed by atoms with E-state index in [4.69, 9.17) is 0 Å². The fourth-order valence-corrected chi connectivity index (χ4v) is 4.04. The molecule has 4 heterocycles. The standard InChI is InChI=1S/C30H28N6O6/c37-27(19-5-11-31-23(15-19)25-17-21(29(39)40)7-13-33-25)35-9-3-1-2-4-10-36-28(38)20-6-12-32-24(16-20)26-18-22(30(41)42)8-14-34-26/h5-8,11-18H,1-4,9-10H2,(H,35,37)(H,36,38)(H,39,40)(H,41,42). The molecule has 0 fully saturated rings. The SMILES string of the molecule is O=C(O)c1ccnc(-c2cc(C(=O)NCCCCCCNC(=O)c3ccnc(-c4cc(C(=O)O)ccn4)c3)ccn2)c1. The van der Waals surface area contributed by atoms with Gasteiger partial charge in [0, 0.05) is 49.0 Å². The van der Waals surface area contributed by atoms with Gasteiger partial charge in [0.1, 0.15) is 0 Å². The minimum absolute atomic E-state index is 0.0842. The zero-order chi connectivity index (χ0) is 29.9. The highest BCUT2D eigenvalue weighted by Crippen LogP contribution is 2.18. The molecule has 4 N–H and O–H groups in total. The molecule has 12 heteroatoms. The van der Waals surface area contributed by atoms with Gasteiger partial charge in [0.2, 0.25) is 0 Å². The van der Waals surface area contributed by atoms with Crippen LogP contribution in [0.4, 0.5) is 0 Å². The van der Waals surface area contributed by atoms with Crippen LogP contribution < -0.4 is 10.6 Å². The maximum atomic E-state index is 12.6. The van der Waals surface area contributed by atoms with Crippen molar-refractivity contribution < 1.29 is 29.4 Å². The van der Waals surface area contributed by atoms with Gasteiger partial charge in [-0.3, -0.25) is 29.5 Å². The van der Waals surface area contributed by atoms with Gasteiger partial charge in [-0.05, 0) is 61.4 Å². The molecule has 0 aromatic carbocycles. The molecule has 0 saturated heterocycles. The Morgan fingerprint density at radius 3 is 1.14 bits per heavy atom. The molecule has 0 bridgehead atoms. The lowest BCUT2D eigenvalue weighted by Gasteiger charge is -2.08. The van der Waals surface area contributed by atoms with Crippen LogP contribution in [-0.4, -0.2) is 67.0 Å². The van der Waals surface area contributed by atoms with Crippen LogP contribution in [-0.2, 0) is 0 Å². The summed E-state index contributed by atoms with van der Waals surface area (Å²) < 4.78 is 0. The zero-order valence-electron chi connectivity index (χ0n) is 22.5. The van der Waals surface area contributed by atoms with E-state index in [0.29, 0.717) is 47.0 Å². The van der Waals surface area contributed by atoms with Crippen LogP contribution in [0.3, 0.4) is 0 Å². The second-order valence-corrected chi connectivity index (χ2v) is 9.26. The molecule has 4 aromatic heterocycles. The molecule has 4 aromatic rings. The predicted octanol–water partition coefficient (Wildman–Crippen LogP) is 3.72. The van der Waals surface area contributed by atoms with E-state index >= 15 is 0 Å². The van der Waals surface area contributed by atoms with Gasteiger partial charge in [-0.1, -0.05) is 12.8 Å². The van der Waals surface area contributed by atoms with E-state index < -0.39 is 11.9 Å². The first-order valence-electron chi connectivity index (χ1n) is 13.2. The number of rotatable bonds is 13. The molecule has 0 aliphatic heterocycles. The third kappa shape index (κ3) is 8.01. The number of nitrogens with one attached hydrogen (secondary N) is 2.